The molecule has 0 amide bonds. The number of aromatic nitrogens is 2. The molecule has 1 aliphatic carbocycles. The molecule has 2 N–H and O–H groups in total. The van der Waals surface area contributed by atoms with Gasteiger partial charge in [-0.1, -0.05) is 25.4 Å². The van der Waals surface area contributed by atoms with Gasteiger partial charge >= 0.3 is 0 Å². The minimum Gasteiger partial charge on any atom is -0.387 e. The SMILES string of the molecule is CCSC1CCC1(O)CNc1nc(C)nc(Cl)c1CC. The summed E-state index contributed by atoms with van der Waals surface area (Å²) in [5, 5.41) is 14.7. The van der Waals surface area contributed by atoms with Crippen LogP contribution in [0.15, 0.2) is 0 Å². The van der Waals surface area contributed by atoms with Crippen LogP contribution >= 0.6 is 23.4 Å². The maximum absolute atomic E-state index is 10.6. The number of nitrogens with one attached hydrogen (secondary N) is 1. The second-order valence-electron chi connectivity index (χ2n) is 5.18. The van der Waals surface area contributed by atoms with E-state index in [1.807, 2.05) is 25.6 Å². The Balaban J connectivity index is 2.07. The van der Waals surface area contributed by atoms with Gasteiger partial charge in [-0.25, -0.2) is 9.97 Å². The summed E-state index contributed by atoms with van der Waals surface area (Å²) in [6.07, 6.45) is 2.70. The highest BCUT2D eigenvalue weighted by Gasteiger charge is 2.45. The molecular weight excluding hydrogens is 294 g/mol. The molecule has 1 aliphatic rings. The lowest BCUT2D eigenvalue weighted by Crippen LogP contribution is -2.54. The topological polar surface area (TPSA) is 58.0 Å². The maximum atomic E-state index is 10.6. The summed E-state index contributed by atoms with van der Waals surface area (Å²) in [6, 6.07) is 0. The monoisotopic (exact) mass is 315 g/mol. The van der Waals surface area contributed by atoms with Crippen LogP contribution in [-0.4, -0.2) is 38.2 Å². The van der Waals surface area contributed by atoms with Gasteiger partial charge in [-0.05, 0) is 31.9 Å². The quantitative estimate of drug-likeness (QED) is 0.790. The van der Waals surface area contributed by atoms with Gasteiger partial charge in [-0.3, -0.25) is 0 Å². The summed E-state index contributed by atoms with van der Waals surface area (Å²) < 4.78 is 0. The van der Waals surface area contributed by atoms with Gasteiger partial charge in [0.25, 0.3) is 0 Å². The molecule has 1 aromatic heterocycles. The molecule has 0 spiro atoms. The lowest BCUT2D eigenvalue weighted by Gasteiger charge is -2.45. The number of anilines is 1. The van der Waals surface area contributed by atoms with Crippen LogP contribution in [-0.2, 0) is 6.42 Å². The van der Waals surface area contributed by atoms with E-state index in [1.54, 1.807) is 0 Å². The fourth-order valence-electron chi connectivity index (χ4n) is 2.50. The molecule has 0 bridgehead atoms. The van der Waals surface area contributed by atoms with Gasteiger partial charge in [-0.15, -0.1) is 0 Å². The first-order valence-electron chi connectivity index (χ1n) is 7.11. The summed E-state index contributed by atoms with van der Waals surface area (Å²) in [5.41, 5.74) is 0.289. The van der Waals surface area contributed by atoms with Crippen molar-refractivity contribution in [2.45, 2.75) is 50.9 Å². The van der Waals surface area contributed by atoms with E-state index in [0.29, 0.717) is 22.8 Å². The van der Waals surface area contributed by atoms with Crippen molar-refractivity contribution >= 4 is 29.2 Å². The third-order valence-corrected chi connectivity index (χ3v) is 5.51. The van der Waals surface area contributed by atoms with Crippen molar-refractivity contribution in [2.24, 2.45) is 0 Å². The average molecular weight is 316 g/mol. The predicted molar refractivity (Wildman–Crippen MR) is 85.8 cm³/mol. The van der Waals surface area contributed by atoms with Gasteiger partial charge in [0.2, 0.25) is 0 Å². The van der Waals surface area contributed by atoms with Crippen LogP contribution < -0.4 is 5.32 Å². The van der Waals surface area contributed by atoms with Crippen LogP contribution in [0.3, 0.4) is 0 Å². The molecule has 0 saturated heterocycles. The molecule has 2 rings (SSSR count). The first kappa shape index (κ1) is 15.9. The zero-order valence-corrected chi connectivity index (χ0v) is 13.8. The van der Waals surface area contributed by atoms with Crippen molar-refractivity contribution in [2.75, 3.05) is 17.6 Å². The molecular formula is C14H22ClN3OS. The third kappa shape index (κ3) is 3.21. The zero-order valence-electron chi connectivity index (χ0n) is 12.2. The summed E-state index contributed by atoms with van der Waals surface area (Å²) in [6.45, 7) is 6.49. The molecule has 0 aromatic carbocycles. The van der Waals surface area contributed by atoms with Crippen molar-refractivity contribution in [3.8, 4) is 0 Å². The molecule has 1 heterocycles. The standard InChI is InChI=1S/C14H22ClN3OS/c1-4-10-12(15)17-9(3)18-13(10)16-8-14(19)7-6-11(14)20-5-2/h11,19H,4-8H2,1-3H3,(H,16,17,18). The summed E-state index contributed by atoms with van der Waals surface area (Å²) in [5.74, 6) is 2.44. The second-order valence-corrected chi connectivity index (χ2v) is 7.02. The van der Waals surface area contributed by atoms with E-state index in [2.05, 4.69) is 22.2 Å². The molecule has 2 atom stereocenters. The number of rotatable bonds is 6. The van der Waals surface area contributed by atoms with E-state index >= 15 is 0 Å². The van der Waals surface area contributed by atoms with Crippen molar-refractivity contribution in [3.63, 3.8) is 0 Å². The Morgan fingerprint density at radius 1 is 1.45 bits per heavy atom. The van der Waals surface area contributed by atoms with Crippen LogP contribution in [0.25, 0.3) is 0 Å². The molecule has 20 heavy (non-hydrogen) atoms. The Hall–Kier alpha value is -0.520. The van der Waals surface area contributed by atoms with E-state index in [9.17, 15) is 5.11 Å². The zero-order chi connectivity index (χ0) is 14.8. The number of hydrogen-bond donors (Lipinski definition) is 2. The van der Waals surface area contributed by atoms with E-state index in [1.165, 1.54) is 0 Å². The molecule has 2 unspecified atom stereocenters. The predicted octanol–water partition coefficient (Wildman–Crippen LogP) is 3.06. The molecule has 6 heteroatoms. The van der Waals surface area contributed by atoms with Crippen LogP contribution in [0.5, 0.6) is 0 Å². The maximum Gasteiger partial charge on any atom is 0.138 e. The molecule has 4 nitrogen and oxygen atoms in total. The van der Waals surface area contributed by atoms with Gasteiger partial charge < -0.3 is 10.4 Å². The fraction of sp³-hybridized carbons (Fsp3) is 0.714. The van der Waals surface area contributed by atoms with Crippen molar-refractivity contribution in [1.29, 1.82) is 0 Å². The second kappa shape index (κ2) is 6.50. The number of hydrogen-bond acceptors (Lipinski definition) is 5. The van der Waals surface area contributed by atoms with Gasteiger partial charge in [0, 0.05) is 17.4 Å². The van der Waals surface area contributed by atoms with Crippen LogP contribution in [0.4, 0.5) is 5.82 Å². The van der Waals surface area contributed by atoms with E-state index in [-0.39, 0.29) is 0 Å². The third-order valence-electron chi connectivity index (χ3n) is 3.79. The average Bonchev–Trinajstić information content (AvgIpc) is 2.40. The number of aliphatic hydroxyl groups is 1. The van der Waals surface area contributed by atoms with Crippen molar-refractivity contribution < 1.29 is 5.11 Å². The Morgan fingerprint density at radius 3 is 2.75 bits per heavy atom. The van der Waals surface area contributed by atoms with Crippen LogP contribution in [0.2, 0.25) is 5.15 Å². The van der Waals surface area contributed by atoms with Gasteiger partial charge in [-0.2, -0.15) is 11.8 Å². The van der Waals surface area contributed by atoms with E-state index in [4.69, 9.17) is 11.6 Å². The highest BCUT2D eigenvalue weighted by atomic mass is 35.5. The molecule has 1 fully saturated rings. The molecule has 112 valence electrons. The Kier molecular flexibility index (Phi) is 5.15. The minimum absolute atomic E-state index is 0.323. The smallest absolute Gasteiger partial charge is 0.138 e. The van der Waals surface area contributed by atoms with Crippen molar-refractivity contribution in [3.05, 3.63) is 16.5 Å². The minimum atomic E-state index is -0.628. The highest BCUT2D eigenvalue weighted by molar-refractivity contribution is 8.00. The van der Waals surface area contributed by atoms with Gasteiger partial charge in [0.15, 0.2) is 0 Å². The lowest BCUT2D eigenvalue weighted by atomic mass is 9.79. The van der Waals surface area contributed by atoms with Gasteiger partial charge in [0.1, 0.15) is 16.8 Å². The summed E-state index contributed by atoms with van der Waals surface area (Å²) >= 11 is 7.98. The van der Waals surface area contributed by atoms with Crippen molar-refractivity contribution in [1.82, 2.24) is 9.97 Å². The number of thioether (sulfide) groups is 1. The number of nitrogens with zero attached hydrogens (tertiary/aromatic N) is 2. The Bertz CT molecular complexity index is 486. The summed E-state index contributed by atoms with van der Waals surface area (Å²) in [7, 11) is 0. The van der Waals surface area contributed by atoms with E-state index in [0.717, 1.165) is 36.4 Å². The first-order chi connectivity index (χ1) is 9.50. The highest BCUT2D eigenvalue weighted by Crippen LogP contribution is 2.41. The molecule has 1 saturated carbocycles. The largest absolute Gasteiger partial charge is 0.387 e. The Labute approximate surface area is 129 Å². The van der Waals surface area contributed by atoms with Crippen LogP contribution in [0.1, 0.15) is 38.1 Å². The number of halogens is 1. The first-order valence-corrected chi connectivity index (χ1v) is 8.53. The van der Waals surface area contributed by atoms with Gasteiger partial charge in [0.05, 0.1) is 5.60 Å². The normalized spacial score (nSPS) is 25.4. The summed E-state index contributed by atoms with van der Waals surface area (Å²) in [4.78, 5) is 8.59. The molecule has 0 aliphatic heterocycles. The lowest BCUT2D eigenvalue weighted by molar-refractivity contribution is -0.0120. The molecule has 1 aromatic rings. The fourth-order valence-corrected chi connectivity index (χ4v) is 4.04. The molecule has 0 radical (unpaired) electrons. The Morgan fingerprint density at radius 2 is 2.20 bits per heavy atom. The van der Waals surface area contributed by atoms with Crippen LogP contribution in [0, 0.1) is 6.92 Å². The van der Waals surface area contributed by atoms with E-state index < -0.39 is 5.60 Å². The number of aryl methyl sites for hydroxylation is 1.